The summed E-state index contributed by atoms with van der Waals surface area (Å²) in [6.07, 6.45) is 7.47. The van der Waals surface area contributed by atoms with Crippen molar-refractivity contribution in [3.05, 3.63) is 11.6 Å². The van der Waals surface area contributed by atoms with Crippen LogP contribution in [0.25, 0.3) is 0 Å². The quantitative estimate of drug-likeness (QED) is 0.583. The number of rotatable bonds is 6. The predicted octanol–water partition coefficient (Wildman–Crippen LogP) is 2.02. The molecule has 0 aromatic heterocycles. The SMILES string of the molecule is CCC1CCC(COC2(OC)CCC=C2CO)O1. The molecule has 0 aromatic carbocycles. The lowest BCUT2D eigenvalue weighted by Crippen LogP contribution is -2.38. The molecule has 2 aliphatic rings. The third kappa shape index (κ3) is 2.77. The van der Waals surface area contributed by atoms with Gasteiger partial charge in [-0.1, -0.05) is 13.0 Å². The maximum Gasteiger partial charge on any atom is 0.193 e. The molecule has 1 aliphatic heterocycles. The van der Waals surface area contributed by atoms with E-state index in [1.807, 2.05) is 6.08 Å². The molecule has 0 radical (unpaired) electrons. The summed E-state index contributed by atoms with van der Waals surface area (Å²) < 4.78 is 17.3. The normalized spacial score (nSPS) is 36.1. The minimum absolute atomic E-state index is 0.00303. The Hall–Kier alpha value is -0.420. The average Bonchev–Trinajstić information content (AvgIpc) is 3.03. The van der Waals surface area contributed by atoms with Gasteiger partial charge in [0.25, 0.3) is 0 Å². The van der Waals surface area contributed by atoms with Crippen LogP contribution in [0.3, 0.4) is 0 Å². The summed E-state index contributed by atoms with van der Waals surface area (Å²) in [7, 11) is 1.64. The second-order valence-electron chi connectivity index (χ2n) is 5.06. The van der Waals surface area contributed by atoms with Gasteiger partial charge in [0, 0.05) is 19.1 Å². The fourth-order valence-electron chi connectivity index (χ4n) is 2.82. The Balaban J connectivity index is 1.86. The van der Waals surface area contributed by atoms with Crippen LogP contribution in [0.15, 0.2) is 11.6 Å². The van der Waals surface area contributed by atoms with E-state index in [0.717, 1.165) is 37.7 Å². The summed E-state index contributed by atoms with van der Waals surface area (Å²) in [5.41, 5.74) is 0.843. The number of methoxy groups -OCH3 is 1. The Labute approximate surface area is 109 Å². The van der Waals surface area contributed by atoms with Crippen LogP contribution in [-0.4, -0.2) is 43.4 Å². The smallest absolute Gasteiger partial charge is 0.193 e. The summed E-state index contributed by atoms with van der Waals surface area (Å²) in [5, 5.41) is 9.35. The Morgan fingerprint density at radius 3 is 2.83 bits per heavy atom. The minimum Gasteiger partial charge on any atom is -0.392 e. The van der Waals surface area contributed by atoms with Crippen molar-refractivity contribution in [1.82, 2.24) is 0 Å². The number of hydrogen-bond donors (Lipinski definition) is 1. The Kier molecular flexibility index (Phi) is 4.78. The van der Waals surface area contributed by atoms with E-state index >= 15 is 0 Å². The largest absolute Gasteiger partial charge is 0.392 e. The lowest BCUT2D eigenvalue weighted by molar-refractivity contribution is -0.211. The van der Waals surface area contributed by atoms with Crippen molar-refractivity contribution < 1.29 is 19.3 Å². The van der Waals surface area contributed by atoms with Gasteiger partial charge < -0.3 is 19.3 Å². The van der Waals surface area contributed by atoms with Gasteiger partial charge in [0.2, 0.25) is 0 Å². The van der Waals surface area contributed by atoms with Crippen LogP contribution >= 0.6 is 0 Å². The van der Waals surface area contributed by atoms with Gasteiger partial charge >= 0.3 is 0 Å². The van der Waals surface area contributed by atoms with Crippen molar-refractivity contribution in [3.63, 3.8) is 0 Å². The molecular weight excluding hydrogens is 232 g/mol. The molecule has 0 aromatic rings. The zero-order valence-electron chi connectivity index (χ0n) is 11.4. The first-order chi connectivity index (χ1) is 8.74. The molecule has 1 saturated heterocycles. The Bertz CT molecular complexity index is 302. The fourth-order valence-corrected chi connectivity index (χ4v) is 2.82. The second-order valence-corrected chi connectivity index (χ2v) is 5.06. The molecule has 0 saturated carbocycles. The van der Waals surface area contributed by atoms with Gasteiger partial charge in [-0.3, -0.25) is 0 Å². The summed E-state index contributed by atoms with van der Waals surface area (Å²) >= 11 is 0. The molecule has 0 bridgehead atoms. The van der Waals surface area contributed by atoms with Crippen LogP contribution in [0.5, 0.6) is 0 Å². The highest BCUT2D eigenvalue weighted by atomic mass is 16.7. The molecule has 4 heteroatoms. The summed E-state index contributed by atoms with van der Waals surface area (Å²) in [4.78, 5) is 0. The standard InChI is InChI=1S/C14H24O4/c1-3-12-6-7-13(18-12)10-17-14(16-2)8-4-5-11(14)9-15/h5,12-13,15H,3-4,6-10H2,1-2H3. The molecule has 1 heterocycles. The topological polar surface area (TPSA) is 47.9 Å². The van der Waals surface area contributed by atoms with Gasteiger partial charge in [0.15, 0.2) is 5.79 Å². The van der Waals surface area contributed by atoms with Crippen LogP contribution in [0.4, 0.5) is 0 Å². The van der Waals surface area contributed by atoms with E-state index in [-0.39, 0.29) is 12.7 Å². The molecule has 3 unspecified atom stereocenters. The predicted molar refractivity (Wildman–Crippen MR) is 68.3 cm³/mol. The highest BCUT2D eigenvalue weighted by Crippen LogP contribution is 2.35. The van der Waals surface area contributed by atoms with Crippen LogP contribution in [0, 0.1) is 0 Å². The monoisotopic (exact) mass is 256 g/mol. The maximum absolute atomic E-state index is 9.35. The van der Waals surface area contributed by atoms with Gasteiger partial charge in [-0.05, 0) is 25.7 Å². The lowest BCUT2D eigenvalue weighted by Gasteiger charge is -2.31. The van der Waals surface area contributed by atoms with Gasteiger partial charge in [-0.25, -0.2) is 0 Å². The van der Waals surface area contributed by atoms with E-state index in [9.17, 15) is 5.11 Å². The van der Waals surface area contributed by atoms with Gasteiger partial charge in [0.05, 0.1) is 25.4 Å². The molecule has 0 spiro atoms. The van der Waals surface area contributed by atoms with Gasteiger partial charge in [-0.15, -0.1) is 0 Å². The van der Waals surface area contributed by atoms with E-state index in [1.165, 1.54) is 0 Å². The van der Waals surface area contributed by atoms with Crippen LogP contribution in [0.1, 0.15) is 39.0 Å². The molecule has 0 amide bonds. The molecule has 4 nitrogen and oxygen atoms in total. The molecule has 18 heavy (non-hydrogen) atoms. The van der Waals surface area contributed by atoms with E-state index in [4.69, 9.17) is 14.2 Å². The first kappa shape index (κ1) is 14.0. The van der Waals surface area contributed by atoms with Gasteiger partial charge in [-0.2, -0.15) is 0 Å². The van der Waals surface area contributed by atoms with E-state index < -0.39 is 5.79 Å². The van der Waals surface area contributed by atoms with Gasteiger partial charge in [0.1, 0.15) is 0 Å². The first-order valence-electron chi connectivity index (χ1n) is 6.89. The highest BCUT2D eigenvalue weighted by Gasteiger charge is 2.39. The van der Waals surface area contributed by atoms with Crippen molar-refractivity contribution in [2.24, 2.45) is 0 Å². The number of aliphatic hydroxyl groups excluding tert-OH is 1. The van der Waals surface area contributed by atoms with Crippen molar-refractivity contribution in [2.45, 2.75) is 57.0 Å². The zero-order chi connectivity index (χ0) is 13.0. The number of ether oxygens (including phenoxy) is 3. The maximum atomic E-state index is 9.35. The first-order valence-corrected chi connectivity index (χ1v) is 6.89. The van der Waals surface area contributed by atoms with Crippen molar-refractivity contribution in [1.29, 1.82) is 0 Å². The zero-order valence-corrected chi connectivity index (χ0v) is 11.4. The van der Waals surface area contributed by atoms with Crippen LogP contribution in [0.2, 0.25) is 0 Å². The molecule has 1 aliphatic carbocycles. The number of hydrogen-bond acceptors (Lipinski definition) is 4. The minimum atomic E-state index is -0.720. The Morgan fingerprint density at radius 1 is 1.44 bits per heavy atom. The number of allylic oxidation sites excluding steroid dienone is 1. The molecular formula is C14H24O4. The Morgan fingerprint density at radius 2 is 2.22 bits per heavy atom. The lowest BCUT2D eigenvalue weighted by atomic mass is 10.1. The van der Waals surface area contributed by atoms with Crippen molar-refractivity contribution in [2.75, 3.05) is 20.3 Å². The summed E-state index contributed by atoms with van der Waals surface area (Å²) in [6, 6.07) is 0. The van der Waals surface area contributed by atoms with E-state index in [2.05, 4.69) is 6.92 Å². The van der Waals surface area contributed by atoms with E-state index in [1.54, 1.807) is 7.11 Å². The third-order valence-corrected chi connectivity index (χ3v) is 4.01. The molecule has 2 rings (SSSR count). The molecule has 104 valence electrons. The molecule has 1 fully saturated rings. The second kappa shape index (κ2) is 6.15. The van der Waals surface area contributed by atoms with E-state index in [0.29, 0.717) is 12.7 Å². The van der Waals surface area contributed by atoms with Crippen LogP contribution < -0.4 is 0 Å². The average molecular weight is 256 g/mol. The van der Waals surface area contributed by atoms with Crippen LogP contribution in [-0.2, 0) is 14.2 Å². The fraction of sp³-hybridized carbons (Fsp3) is 0.857. The molecule has 1 N–H and O–H groups in total. The summed E-state index contributed by atoms with van der Waals surface area (Å²) in [6.45, 7) is 2.69. The highest BCUT2D eigenvalue weighted by molar-refractivity contribution is 5.19. The summed E-state index contributed by atoms with van der Waals surface area (Å²) in [5.74, 6) is -0.720. The third-order valence-electron chi connectivity index (χ3n) is 4.01. The van der Waals surface area contributed by atoms with Crippen molar-refractivity contribution in [3.8, 4) is 0 Å². The van der Waals surface area contributed by atoms with Crippen molar-refractivity contribution >= 4 is 0 Å². The number of aliphatic hydroxyl groups is 1. The molecule has 3 atom stereocenters.